The molecule has 2 aliphatic heterocycles. The standard InChI is InChI=1S/C21H32ClN3O3S/c1-17-5-2-12-24(15-17)13-4-11-23-21(26)18-6-3-14-25(16-18)29(27,28)20-9-7-19(22)8-10-20/h7-10,17-18H,2-6,11-16H2,1H3,(H,23,26). The first-order valence-corrected chi connectivity index (χ1v) is 12.4. The van der Waals surface area contributed by atoms with Crippen LogP contribution in [0.5, 0.6) is 0 Å². The second-order valence-corrected chi connectivity index (χ2v) is 10.7. The number of rotatable bonds is 7. The maximum Gasteiger partial charge on any atom is 0.243 e. The third-order valence-electron chi connectivity index (χ3n) is 5.90. The summed E-state index contributed by atoms with van der Waals surface area (Å²) in [5.74, 6) is 0.433. The zero-order valence-corrected chi connectivity index (χ0v) is 18.7. The van der Waals surface area contributed by atoms with Gasteiger partial charge in [0.25, 0.3) is 0 Å². The average molecular weight is 442 g/mol. The van der Waals surface area contributed by atoms with Crippen LogP contribution < -0.4 is 5.32 Å². The summed E-state index contributed by atoms with van der Waals surface area (Å²) >= 11 is 5.86. The molecule has 2 unspecified atom stereocenters. The van der Waals surface area contributed by atoms with Gasteiger partial charge in [0.2, 0.25) is 15.9 Å². The second-order valence-electron chi connectivity index (χ2n) is 8.35. The largest absolute Gasteiger partial charge is 0.356 e. The maximum absolute atomic E-state index is 12.9. The topological polar surface area (TPSA) is 69.7 Å². The Morgan fingerprint density at radius 2 is 1.86 bits per heavy atom. The van der Waals surface area contributed by atoms with Crippen LogP contribution in [0.3, 0.4) is 0 Å². The maximum atomic E-state index is 12.9. The van der Waals surface area contributed by atoms with Gasteiger partial charge in [-0.05, 0) is 75.4 Å². The van der Waals surface area contributed by atoms with Crippen LogP contribution in [0, 0.1) is 11.8 Å². The van der Waals surface area contributed by atoms with E-state index in [9.17, 15) is 13.2 Å². The Labute approximate surface area is 179 Å². The fourth-order valence-electron chi connectivity index (χ4n) is 4.28. The highest BCUT2D eigenvalue weighted by Gasteiger charge is 2.33. The smallest absolute Gasteiger partial charge is 0.243 e. The second kappa shape index (κ2) is 10.2. The van der Waals surface area contributed by atoms with Crippen LogP contribution in [0.2, 0.25) is 5.02 Å². The lowest BCUT2D eigenvalue weighted by atomic mass is 9.99. The molecule has 0 bridgehead atoms. The van der Waals surface area contributed by atoms with E-state index in [4.69, 9.17) is 11.6 Å². The van der Waals surface area contributed by atoms with E-state index in [1.807, 2.05) is 0 Å². The molecule has 0 aliphatic carbocycles. The quantitative estimate of drug-likeness (QED) is 0.660. The highest BCUT2D eigenvalue weighted by Crippen LogP contribution is 2.25. The predicted molar refractivity (Wildman–Crippen MR) is 115 cm³/mol. The molecule has 2 fully saturated rings. The summed E-state index contributed by atoms with van der Waals surface area (Å²) in [7, 11) is -3.60. The molecule has 2 heterocycles. The first kappa shape index (κ1) is 22.5. The zero-order chi connectivity index (χ0) is 20.9. The molecule has 2 atom stereocenters. The SMILES string of the molecule is CC1CCCN(CCCNC(=O)C2CCCN(S(=O)(=O)c3ccc(Cl)cc3)C2)C1. The molecule has 8 heteroatoms. The highest BCUT2D eigenvalue weighted by atomic mass is 35.5. The molecule has 2 saturated heterocycles. The van der Waals surface area contributed by atoms with Gasteiger partial charge in [0.05, 0.1) is 10.8 Å². The van der Waals surface area contributed by atoms with Crippen molar-refractivity contribution in [1.29, 1.82) is 0 Å². The molecule has 0 saturated carbocycles. The molecular formula is C21H32ClN3O3S. The number of nitrogens with zero attached hydrogens (tertiary/aromatic N) is 2. The Hall–Kier alpha value is -1.15. The van der Waals surface area contributed by atoms with Gasteiger partial charge in [-0.1, -0.05) is 18.5 Å². The normalized spacial score (nSPS) is 24.3. The number of halogens is 1. The van der Waals surface area contributed by atoms with E-state index >= 15 is 0 Å². The molecule has 0 radical (unpaired) electrons. The van der Waals surface area contributed by atoms with Crippen LogP contribution in [0.4, 0.5) is 0 Å². The number of benzene rings is 1. The van der Waals surface area contributed by atoms with E-state index in [0.717, 1.165) is 38.4 Å². The fourth-order valence-corrected chi connectivity index (χ4v) is 5.93. The predicted octanol–water partition coefficient (Wildman–Crippen LogP) is 2.98. The molecule has 2 aliphatic rings. The van der Waals surface area contributed by atoms with Crippen LogP contribution in [-0.4, -0.2) is 62.8 Å². The van der Waals surface area contributed by atoms with Crippen LogP contribution in [0.1, 0.15) is 39.0 Å². The summed E-state index contributed by atoms with van der Waals surface area (Å²) < 4.78 is 27.2. The third kappa shape index (κ3) is 6.17. The number of nitrogens with one attached hydrogen (secondary N) is 1. The number of carbonyl (C=O) groups excluding carboxylic acids is 1. The first-order chi connectivity index (χ1) is 13.9. The first-order valence-electron chi connectivity index (χ1n) is 10.6. The molecule has 1 amide bonds. The Kier molecular flexibility index (Phi) is 7.96. The van der Waals surface area contributed by atoms with Gasteiger partial charge in [0.1, 0.15) is 0 Å². The van der Waals surface area contributed by atoms with Gasteiger partial charge < -0.3 is 10.2 Å². The molecule has 1 aromatic carbocycles. The van der Waals surface area contributed by atoms with E-state index in [0.29, 0.717) is 24.5 Å². The highest BCUT2D eigenvalue weighted by molar-refractivity contribution is 7.89. The molecule has 1 N–H and O–H groups in total. The number of hydrogen-bond donors (Lipinski definition) is 1. The van der Waals surface area contributed by atoms with E-state index in [-0.39, 0.29) is 23.3 Å². The van der Waals surface area contributed by atoms with Gasteiger partial charge in [0.15, 0.2) is 0 Å². The Bertz CT molecular complexity index is 785. The van der Waals surface area contributed by atoms with E-state index in [1.165, 1.54) is 29.3 Å². The molecule has 1 aromatic rings. The van der Waals surface area contributed by atoms with Gasteiger partial charge in [-0.2, -0.15) is 4.31 Å². The Balaban J connectivity index is 1.47. The number of sulfonamides is 1. The summed E-state index contributed by atoms with van der Waals surface area (Å²) in [6, 6.07) is 6.18. The van der Waals surface area contributed by atoms with E-state index in [2.05, 4.69) is 17.1 Å². The van der Waals surface area contributed by atoms with Crippen molar-refractivity contribution in [3.63, 3.8) is 0 Å². The van der Waals surface area contributed by atoms with Crippen molar-refractivity contribution in [2.75, 3.05) is 39.3 Å². The minimum atomic E-state index is -3.60. The Morgan fingerprint density at radius 1 is 1.14 bits per heavy atom. The summed E-state index contributed by atoms with van der Waals surface area (Å²) in [5, 5.41) is 3.52. The number of likely N-dealkylation sites (tertiary alicyclic amines) is 1. The van der Waals surface area contributed by atoms with Crippen molar-refractivity contribution in [2.45, 2.75) is 43.9 Å². The van der Waals surface area contributed by atoms with Crippen LogP contribution in [-0.2, 0) is 14.8 Å². The molecule has 29 heavy (non-hydrogen) atoms. The van der Waals surface area contributed by atoms with Crippen LogP contribution in [0.25, 0.3) is 0 Å². The zero-order valence-electron chi connectivity index (χ0n) is 17.1. The van der Waals surface area contributed by atoms with Crippen molar-refractivity contribution >= 4 is 27.5 Å². The van der Waals surface area contributed by atoms with Gasteiger partial charge >= 0.3 is 0 Å². The monoisotopic (exact) mass is 441 g/mol. The summed E-state index contributed by atoms with van der Waals surface area (Å²) in [5.41, 5.74) is 0. The van der Waals surface area contributed by atoms with Gasteiger partial charge in [-0.15, -0.1) is 0 Å². The van der Waals surface area contributed by atoms with Crippen molar-refractivity contribution in [3.05, 3.63) is 29.3 Å². The van der Waals surface area contributed by atoms with Crippen LogP contribution >= 0.6 is 11.6 Å². The molecule has 162 valence electrons. The van der Waals surface area contributed by atoms with Crippen molar-refractivity contribution < 1.29 is 13.2 Å². The van der Waals surface area contributed by atoms with E-state index < -0.39 is 10.0 Å². The minimum Gasteiger partial charge on any atom is -0.356 e. The molecule has 6 nitrogen and oxygen atoms in total. The molecule has 3 rings (SSSR count). The number of carbonyl (C=O) groups is 1. The average Bonchev–Trinajstić information content (AvgIpc) is 2.71. The molecule has 0 spiro atoms. The molecular weight excluding hydrogens is 410 g/mol. The lowest BCUT2D eigenvalue weighted by molar-refractivity contribution is -0.126. The van der Waals surface area contributed by atoms with Gasteiger partial charge in [-0.3, -0.25) is 4.79 Å². The Morgan fingerprint density at radius 3 is 2.59 bits per heavy atom. The van der Waals surface area contributed by atoms with Crippen molar-refractivity contribution in [1.82, 2.24) is 14.5 Å². The van der Waals surface area contributed by atoms with Crippen molar-refractivity contribution in [3.8, 4) is 0 Å². The summed E-state index contributed by atoms with van der Waals surface area (Å²) in [6.45, 7) is 6.92. The van der Waals surface area contributed by atoms with E-state index in [1.54, 1.807) is 12.1 Å². The van der Waals surface area contributed by atoms with Gasteiger partial charge in [-0.25, -0.2) is 8.42 Å². The summed E-state index contributed by atoms with van der Waals surface area (Å²) in [4.78, 5) is 15.3. The minimum absolute atomic E-state index is 0.0342. The fraction of sp³-hybridized carbons (Fsp3) is 0.667. The van der Waals surface area contributed by atoms with Crippen molar-refractivity contribution in [2.24, 2.45) is 11.8 Å². The number of amides is 1. The third-order valence-corrected chi connectivity index (χ3v) is 8.03. The number of hydrogen-bond acceptors (Lipinski definition) is 4. The van der Waals surface area contributed by atoms with Gasteiger partial charge in [0, 0.05) is 31.2 Å². The van der Waals surface area contributed by atoms with Crippen LogP contribution in [0.15, 0.2) is 29.2 Å². The lowest BCUT2D eigenvalue weighted by Crippen LogP contribution is -2.45. The summed E-state index contributed by atoms with van der Waals surface area (Å²) in [6.07, 6.45) is 4.91. The molecule has 0 aromatic heterocycles. The number of piperidine rings is 2. The lowest BCUT2D eigenvalue weighted by Gasteiger charge is -2.32.